The van der Waals surface area contributed by atoms with E-state index in [2.05, 4.69) is 16.0 Å². The summed E-state index contributed by atoms with van der Waals surface area (Å²) in [4.78, 5) is 24.3. The smallest absolute Gasteiger partial charge is 0.267 e. The lowest BCUT2D eigenvalue weighted by molar-refractivity contribution is 0.0846. The Bertz CT molecular complexity index is 916. The second kappa shape index (κ2) is 7.00. The van der Waals surface area contributed by atoms with Gasteiger partial charge in [-0.1, -0.05) is 30.3 Å². The first-order valence-corrected chi connectivity index (χ1v) is 7.83. The molecule has 25 heavy (non-hydrogen) atoms. The number of aryl methyl sites for hydroxylation is 1. The molecule has 3 aromatic rings. The average molecular weight is 334 g/mol. The van der Waals surface area contributed by atoms with Crippen molar-refractivity contribution in [2.75, 3.05) is 0 Å². The van der Waals surface area contributed by atoms with Crippen LogP contribution in [-0.4, -0.2) is 21.6 Å². The zero-order valence-corrected chi connectivity index (χ0v) is 14.0. The highest BCUT2D eigenvalue weighted by atomic mass is 16.2. The summed E-state index contributed by atoms with van der Waals surface area (Å²) in [5.74, 6) is -0.793. The molecule has 0 saturated carbocycles. The van der Waals surface area contributed by atoms with E-state index in [0.29, 0.717) is 16.8 Å². The number of carbonyl (C=O) groups excluding carboxylic acids is 2. The molecule has 1 aromatic heterocycles. The minimum Gasteiger partial charge on any atom is -0.267 e. The largest absolute Gasteiger partial charge is 0.273 e. The molecule has 126 valence electrons. The Morgan fingerprint density at radius 3 is 2.36 bits per heavy atom. The Labute approximate surface area is 145 Å². The van der Waals surface area contributed by atoms with Gasteiger partial charge in [0.25, 0.3) is 11.8 Å². The van der Waals surface area contributed by atoms with E-state index in [0.717, 1.165) is 11.3 Å². The van der Waals surface area contributed by atoms with Crippen LogP contribution in [0.4, 0.5) is 0 Å². The molecule has 0 saturated heterocycles. The second-order valence-electron chi connectivity index (χ2n) is 5.67. The summed E-state index contributed by atoms with van der Waals surface area (Å²) < 4.78 is 1.70. The van der Waals surface area contributed by atoms with Gasteiger partial charge in [-0.3, -0.25) is 20.4 Å². The van der Waals surface area contributed by atoms with E-state index in [1.54, 1.807) is 28.9 Å². The van der Waals surface area contributed by atoms with Crippen molar-refractivity contribution in [3.8, 4) is 5.69 Å². The summed E-state index contributed by atoms with van der Waals surface area (Å²) in [6.45, 7) is 3.80. The third-order valence-corrected chi connectivity index (χ3v) is 3.83. The van der Waals surface area contributed by atoms with Crippen LogP contribution in [0.5, 0.6) is 0 Å². The van der Waals surface area contributed by atoms with Gasteiger partial charge >= 0.3 is 0 Å². The maximum Gasteiger partial charge on any atom is 0.273 e. The number of amides is 2. The molecule has 3 rings (SSSR count). The Kier molecular flexibility index (Phi) is 4.61. The van der Waals surface area contributed by atoms with Crippen molar-refractivity contribution in [2.24, 2.45) is 0 Å². The third-order valence-electron chi connectivity index (χ3n) is 3.83. The van der Waals surface area contributed by atoms with Crippen LogP contribution in [0, 0.1) is 13.8 Å². The minimum absolute atomic E-state index is 0.377. The number of nitrogens with zero attached hydrogens (tertiary/aromatic N) is 2. The van der Waals surface area contributed by atoms with E-state index in [9.17, 15) is 9.59 Å². The highest BCUT2D eigenvalue weighted by Crippen LogP contribution is 2.15. The molecule has 0 spiro atoms. The zero-order valence-electron chi connectivity index (χ0n) is 14.0. The number of nitrogens with one attached hydrogen (secondary N) is 2. The predicted molar refractivity (Wildman–Crippen MR) is 94.4 cm³/mol. The van der Waals surface area contributed by atoms with Crippen molar-refractivity contribution in [3.63, 3.8) is 0 Å². The molecule has 0 radical (unpaired) electrons. The summed E-state index contributed by atoms with van der Waals surface area (Å²) in [6.07, 6.45) is 1.49. The lowest BCUT2D eigenvalue weighted by Crippen LogP contribution is -2.41. The standard InChI is InChI=1S/C19H18N4O2/c1-13-7-6-10-16(11-13)23-14(2)17(12-20-23)19(25)22-21-18(24)15-8-4-3-5-9-15/h3-12H,1-2H3,(H,21,24)(H,22,25). The van der Waals surface area contributed by atoms with Crippen LogP contribution < -0.4 is 10.9 Å². The Morgan fingerprint density at radius 2 is 1.64 bits per heavy atom. The van der Waals surface area contributed by atoms with Gasteiger partial charge in [-0.05, 0) is 43.7 Å². The van der Waals surface area contributed by atoms with E-state index in [1.807, 2.05) is 44.2 Å². The molecule has 6 heteroatoms. The molecule has 2 N–H and O–H groups in total. The summed E-state index contributed by atoms with van der Waals surface area (Å²) in [6, 6.07) is 16.5. The molecule has 0 bridgehead atoms. The first-order valence-electron chi connectivity index (χ1n) is 7.83. The molecule has 0 fully saturated rings. The highest BCUT2D eigenvalue weighted by molar-refractivity contribution is 5.99. The number of rotatable bonds is 3. The fourth-order valence-electron chi connectivity index (χ4n) is 2.50. The van der Waals surface area contributed by atoms with Gasteiger partial charge in [0.2, 0.25) is 0 Å². The number of hydrogen-bond acceptors (Lipinski definition) is 3. The average Bonchev–Trinajstić information content (AvgIpc) is 3.01. The highest BCUT2D eigenvalue weighted by Gasteiger charge is 2.16. The van der Waals surface area contributed by atoms with Crippen molar-refractivity contribution in [3.05, 3.63) is 83.2 Å². The molecule has 0 aliphatic carbocycles. The van der Waals surface area contributed by atoms with E-state index >= 15 is 0 Å². The van der Waals surface area contributed by atoms with E-state index in [4.69, 9.17) is 0 Å². The molecule has 6 nitrogen and oxygen atoms in total. The Morgan fingerprint density at radius 1 is 0.920 bits per heavy atom. The van der Waals surface area contributed by atoms with Crippen LogP contribution in [-0.2, 0) is 0 Å². The van der Waals surface area contributed by atoms with Gasteiger partial charge in [-0.25, -0.2) is 4.68 Å². The maximum absolute atomic E-state index is 12.3. The van der Waals surface area contributed by atoms with Crippen molar-refractivity contribution < 1.29 is 9.59 Å². The van der Waals surface area contributed by atoms with E-state index < -0.39 is 5.91 Å². The molecule has 0 unspecified atom stereocenters. The number of hydrazine groups is 1. The molecule has 2 aromatic carbocycles. The molecular weight excluding hydrogens is 316 g/mol. The first kappa shape index (κ1) is 16.4. The number of carbonyl (C=O) groups is 2. The van der Waals surface area contributed by atoms with Crippen molar-refractivity contribution in [1.29, 1.82) is 0 Å². The van der Waals surface area contributed by atoms with Gasteiger partial charge in [0.15, 0.2) is 0 Å². The van der Waals surface area contributed by atoms with Gasteiger partial charge in [0, 0.05) is 5.56 Å². The lowest BCUT2D eigenvalue weighted by atomic mass is 10.2. The van der Waals surface area contributed by atoms with E-state index in [-0.39, 0.29) is 5.91 Å². The van der Waals surface area contributed by atoms with Gasteiger partial charge < -0.3 is 0 Å². The fourth-order valence-corrected chi connectivity index (χ4v) is 2.50. The van der Waals surface area contributed by atoms with Crippen LogP contribution in [0.15, 0.2) is 60.8 Å². The Hall–Kier alpha value is -3.41. The van der Waals surface area contributed by atoms with Crippen LogP contribution >= 0.6 is 0 Å². The van der Waals surface area contributed by atoms with Crippen molar-refractivity contribution >= 4 is 11.8 Å². The maximum atomic E-state index is 12.3. The summed E-state index contributed by atoms with van der Waals surface area (Å²) >= 11 is 0. The van der Waals surface area contributed by atoms with Crippen LogP contribution in [0.25, 0.3) is 5.69 Å². The molecule has 0 atom stereocenters. The summed E-state index contributed by atoms with van der Waals surface area (Å²) in [5.41, 5.74) is 8.37. The SMILES string of the molecule is Cc1cccc(-n2ncc(C(=O)NNC(=O)c3ccccc3)c2C)c1. The zero-order chi connectivity index (χ0) is 17.8. The van der Waals surface area contributed by atoms with Crippen LogP contribution in [0.3, 0.4) is 0 Å². The van der Waals surface area contributed by atoms with Gasteiger partial charge in [0.1, 0.15) is 0 Å². The topological polar surface area (TPSA) is 76.0 Å². The van der Waals surface area contributed by atoms with E-state index in [1.165, 1.54) is 6.20 Å². The monoisotopic (exact) mass is 334 g/mol. The first-order chi connectivity index (χ1) is 12.1. The quantitative estimate of drug-likeness (QED) is 0.723. The van der Waals surface area contributed by atoms with Gasteiger partial charge in [0.05, 0.1) is 23.1 Å². The van der Waals surface area contributed by atoms with Crippen LogP contribution in [0.2, 0.25) is 0 Å². The fraction of sp³-hybridized carbons (Fsp3) is 0.105. The molecular formula is C19H18N4O2. The van der Waals surface area contributed by atoms with Gasteiger partial charge in [-0.15, -0.1) is 0 Å². The molecule has 0 aliphatic heterocycles. The van der Waals surface area contributed by atoms with Crippen LogP contribution in [0.1, 0.15) is 32.0 Å². The number of aromatic nitrogens is 2. The lowest BCUT2D eigenvalue weighted by Gasteiger charge is -2.08. The second-order valence-corrected chi connectivity index (χ2v) is 5.67. The molecule has 0 aliphatic rings. The number of benzene rings is 2. The van der Waals surface area contributed by atoms with Crippen molar-refractivity contribution in [2.45, 2.75) is 13.8 Å². The Balaban J connectivity index is 1.72. The third kappa shape index (κ3) is 3.58. The van der Waals surface area contributed by atoms with Crippen molar-refractivity contribution in [1.82, 2.24) is 20.6 Å². The molecule has 1 heterocycles. The minimum atomic E-state index is -0.416. The normalized spacial score (nSPS) is 10.3. The van der Waals surface area contributed by atoms with Gasteiger partial charge in [-0.2, -0.15) is 5.10 Å². The summed E-state index contributed by atoms with van der Waals surface area (Å²) in [5, 5.41) is 4.28. The summed E-state index contributed by atoms with van der Waals surface area (Å²) in [7, 11) is 0. The predicted octanol–water partition coefficient (Wildman–Crippen LogP) is 2.56. The number of hydrogen-bond donors (Lipinski definition) is 2. The molecule has 2 amide bonds.